The number of ether oxygens (including phenoxy) is 1. The quantitative estimate of drug-likeness (QED) is 0.691. The average Bonchev–Trinajstić information content (AvgIpc) is 2.15. The first-order valence-corrected chi connectivity index (χ1v) is 5.66. The van der Waals surface area contributed by atoms with Gasteiger partial charge in [0, 0.05) is 12.6 Å². The standard InChI is InChI=1S/C11H12F2NO.Al/c1-7-6-14(2)9-5-8(11(12)13)3-4-10(9)15-7;/h4-5,7,11H,6H2,1-2H3;. The number of rotatable bonds is 1. The van der Waals surface area contributed by atoms with Crippen molar-refractivity contribution in [3.63, 3.8) is 0 Å². The monoisotopic (exact) mass is 239 g/mol. The maximum Gasteiger partial charge on any atom is 0.262 e. The van der Waals surface area contributed by atoms with E-state index in [4.69, 9.17) is 4.74 Å². The van der Waals surface area contributed by atoms with Crippen molar-refractivity contribution < 1.29 is 13.5 Å². The molecule has 16 heavy (non-hydrogen) atoms. The Kier molecular flexibility index (Phi) is 3.09. The third-order valence-corrected chi connectivity index (χ3v) is 3.17. The summed E-state index contributed by atoms with van der Waals surface area (Å²) in [4.78, 5) is 1.94. The van der Waals surface area contributed by atoms with E-state index in [1.54, 1.807) is 6.07 Å². The first-order chi connectivity index (χ1) is 7.49. The Bertz CT molecular complexity index is 411. The lowest BCUT2D eigenvalue weighted by Crippen LogP contribution is -2.36. The van der Waals surface area contributed by atoms with E-state index >= 15 is 0 Å². The lowest BCUT2D eigenvalue weighted by molar-refractivity contribution is 0.152. The number of benzene rings is 1. The lowest BCUT2D eigenvalue weighted by atomic mass is 10.1. The third-order valence-electron chi connectivity index (χ3n) is 2.67. The molecule has 1 aromatic rings. The van der Waals surface area contributed by atoms with E-state index < -0.39 is 6.43 Å². The van der Waals surface area contributed by atoms with E-state index in [-0.39, 0.29) is 11.7 Å². The van der Waals surface area contributed by atoms with Crippen molar-refractivity contribution in [2.75, 3.05) is 18.5 Å². The summed E-state index contributed by atoms with van der Waals surface area (Å²) >= 11 is 2.33. The van der Waals surface area contributed by atoms with Gasteiger partial charge in [-0.1, -0.05) is 0 Å². The summed E-state index contributed by atoms with van der Waals surface area (Å²) < 4.78 is 31.6. The molecule has 0 fully saturated rings. The second-order valence-corrected chi connectivity index (χ2v) is 4.68. The zero-order valence-corrected chi connectivity index (χ0v) is 10.4. The zero-order chi connectivity index (χ0) is 11.9. The molecule has 0 aliphatic carbocycles. The summed E-state index contributed by atoms with van der Waals surface area (Å²) in [6.45, 7) is 2.68. The van der Waals surface area contributed by atoms with Crippen LogP contribution < -0.4 is 14.1 Å². The lowest BCUT2D eigenvalue weighted by Gasteiger charge is -2.33. The van der Waals surface area contributed by atoms with Gasteiger partial charge in [-0.25, -0.2) is 8.78 Å². The molecule has 1 heterocycles. The fraction of sp³-hybridized carbons (Fsp3) is 0.455. The van der Waals surface area contributed by atoms with Crippen LogP contribution in [0.4, 0.5) is 14.5 Å². The molecule has 2 rings (SSSR count). The van der Waals surface area contributed by atoms with Crippen molar-refractivity contribution in [2.24, 2.45) is 0 Å². The Morgan fingerprint density at radius 2 is 2.19 bits per heavy atom. The fourth-order valence-corrected chi connectivity index (χ4v) is 2.28. The van der Waals surface area contributed by atoms with Crippen LogP contribution in [-0.4, -0.2) is 36.0 Å². The zero-order valence-electron chi connectivity index (χ0n) is 9.21. The highest BCUT2D eigenvalue weighted by Crippen LogP contribution is 2.34. The van der Waals surface area contributed by atoms with Crippen LogP contribution in [0.2, 0.25) is 0 Å². The molecule has 0 N–H and O–H groups in total. The maximum atomic E-state index is 12.7. The molecule has 1 aliphatic heterocycles. The van der Waals surface area contributed by atoms with E-state index in [1.165, 1.54) is 6.07 Å². The molecule has 0 amide bonds. The number of halogens is 2. The number of nitrogens with zero attached hydrogens (tertiary/aromatic N) is 1. The largest absolute Gasteiger partial charge is 0.487 e. The molecule has 1 aliphatic rings. The number of fused-ring (bicyclic) bond motifs is 1. The Labute approximate surface area is 102 Å². The molecule has 0 saturated carbocycles. The number of likely N-dealkylation sites (N-methyl/N-ethyl adjacent to an activating group) is 1. The van der Waals surface area contributed by atoms with E-state index in [0.717, 1.165) is 5.69 Å². The van der Waals surface area contributed by atoms with Gasteiger partial charge in [0.05, 0.1) is 12.2 Å². The normalized spacial score (nSPS) is 19.6. The van der Waals surface area contributed by atoms with Crippen LogP contribution in [0, 0.1) is 0 Å². The molecular weight excluding hydrogens is 227 g/mol. The third kappa shape index (κ3) is 2.02. The first-order valence-electron chi connectivity index (χ1n) is 5.08. The Balaban J connectivity index is 2.48. The summed E-state index contributed by atoms with van der Waals surface area (Å²) in [6, 6.07) is 3.17. The fourth-order valence-electron chi connectivity index (χ4n) is 1.92. The van der Waals surface area contributed by atoms with Crippen molar-refractivity contribution >= 4 is 26.4 Å². The van der Waals surface area contributed by atoms with Crippen molar-refractivity contribution in [3.8, 4) is 5.75 Å². The molecule has 0 aromatic heterocycles. The van der Waals surface area contributed by atoms with Gasteiger partial charge in [-0.05, 0) is 19.1 Å². The van der Waals surface area contributed by atoms with Crippen molar-refractivity contribution in [1.29, 1.82) is 0 Å². The van der Waals surface area contributed by atoms with Crippen molar-refractivity contribution in [2.45, 2.75) is 19.5 Å². The highest BCUT2D eigenvalue weighted by Gasteiger charge is 2.23. The molecule has 1 aromatic carbocycles. The van der Waals surface area contributed by atoms with E-state index in [0.29, 0.717) is 16.7 Å². The average molecular weight is 239 g/mol. The van der Waals surface area contributed by atoms with Gasteiger partial charge in [0.15, 0.2) is 16.3 Å². The summed E-state index contributed by atoms with van der Waals surface area (Å²) in [7, 11) is 1.88. The summed E-state index contributed by atoms with van der Waals surface area (Å²) in [5.74, 6) is 0.677. The molecule has 0 spiro atoms. The molecular formula is C11H12AlF2NO. The smallest absolute Gasteiger partial charge is 0.262 e. The highest BCUT2D eigenvalue weighted by atomic mass is 27.0. The maximum absolute atomic E-state index is 12.7. The molecule has 1 unspecified atom stereocenters. The van der Waals surface area contributed by atoms with Gasteiger partial charge in [0.25, 0.3) is 6.43 Å². The number of hydrogen-bond donors (Lipinski definition) is 0. The predicted octanol–water partition coefficient (Wildman–Crippen LogP) is 1.64. The number of hydrogen-bond acceptors (Lipinski definition) is 2. The van der Waals surface area contributed by atoms with Crippen LogP contribution in [-0.2, 0) is 0 Å². The topological polar surface area (TPSA) is 12.5 Å². The van der Waals surface area contributed by atoms with Gasteiger partial charge in [0.1, 0.15) is 11.9 Å². The van der Waals surface area contributed by atoms with Gasteiger partial charge < -0.3 is 9.64 Å². The molecule has 2 radical (unpaired) electrons. The number of anilines is 1. The minimum atomic E-state index is -2.45. The van der Waals surface area contributed by atoms with Crippen molar-refractivity contribution in [1.82, 2.24) is 0 Å². The first kappa shape index (κ1) is 11.7. The van der Waals surface area contributed by atoms with Crippen LogP contribution >= 0.6 is 0 Å². The summed E-state index contributed by atoms with van der Waals surface area (Å²) in [5, 5.41) is 0. The summed E-state index contributed by atoms with van der Waals surface area (Å²) in [6.07, 6.45) is -2.37. The van der Waals surface area contributed by atoms with Crippen LogP contribution in [0.15, 0.2) is 12.1 Å². The van der Waals surface area contributed by atoms with Gasteiger partial charge in [0.2, 0.25) is 0 Å². The van der Waals surface area contributed by atoms with Gasteiger partial charge in [-0.15, -0.1) is 4.43 Å². The molecule has 0 saturated heterocycles. The molecule has 84 valence electrons. The van der Waals surface area contributed by atoms with Crippen LogP contribution in [0.1, 0.15) is 18.9 Å². The van der Waals surface area contributed by atoms with E-state index in [9.17, 15) is 8.78 Å². The minimum Gasteiger partial charge on any atom is -0.487 e. The second kappa shape index (κ2) is 4.23. The minimum absolute atomic E-state index is 0.0498. The molecule has 1 atom stereocenters. The Morgan fingerprint density at radius 3 is 2.81 bits per heavy atom. The Morgan fingerprint density at radius 1 is 1.50 bits per heavy atom. The van der Waals surface area contributed by atoms with Crippen LogP contribution in [0.25, 0.3) is 0 Å². The van der Waals surface area contributed by atoms with Crippen LogP contribution in [0.3, 0.4) is 0 Å². The Hall–Kier alpha value is -0.788. The van der Waals surface area contributed by atoms with Gasteiger partial charge in [-0.3, -0.25) is 0 Å². The van der Waals surface area contributed by atoms with E-state index in [2.05, 4.69) is 16.3 Å². The second-order valence-electron chi connectivity index (χ2n) is 4.06. The predicted molar refractivity (Wildman–Crippen MR) is 60.1 cm³/mol. The van der Waals surface area contributed by atoms with E-state index in [1.807, 2.05) is 18.9 Å². The van der Waals surface area contributed by atoms with Gasteiger partial charge >= 0.3 is 0 Å². The summed E-state index contributed by atoms with van der Waals surface area (Å²) in [5.41, 5.74) is 0.786. The molecule has 0 bridgehead atoms. The van der Waals surface area contributed by atoms with Gasteiger partial charge in [-0.2, -0.15) is 0 Å². The molecule has 5 heteroatoms. The SMILES string of the molecule is CC1CN(C)c2cc(C(F)F)[c]([Al])cc2O1. The molecule has 2 nitrogen and oxygen atoms in total. The number of alkyl halides is 2. The van der Waals surface area contributed by atoms with Crippen LogP contribution in [0.5, 0.6) is 5.75 Å². The van der Waals surface area contributed by atoms with Crippen molar-refractivity contribution in [3.05, 3.63) is 17.7 Å². The highest BCUT2D eigenvalue weighted by molar-refractivity contribution is 6.33.